The van der Waals surface area contributed by atoms with Crippen molar-refractivity contribution >= 4 is 5.78 Å². The van der Waals surface area contributed by atoms with Crippen molar-refractivity contribution in [2.24, 2.45) is 5.73 Å². The lowest BCUT2D eigenvalue weighted by Crippen LogP contribution is -2.12. The SMILES string of the molecule is NCC(=O)c1ccccc1.c1ccoc1. The predicted molar refractivity (Wildman–Crippen MR) is 58.5 cm³/mol. The van der Waals surface area contributed by atoms with Crippen LogP contribution >= 0.6 is 0 Å². The van der Waals surface area contributed by atoms with Gasteiger partial charge < -0.3 is 10.2 Å². The van der Waals surface area contributed by atoms with Crippen molar-refractivity contribution in [3.8, 4) is 0 Å². The third-order valence-corrected chi connectivity index (χ3v) is 1.71. The van der Waals surface area contributed by atoms with Gasteiger partial charge in [0.05, 0.1) is 19.1 Å². The van der Waals surface area contributed by atoms with Crippen LogP contribution in [0.1, 0.15) is 10.4 Å². The fourth-order valence-electron chi connectivity index (χ4n) is 0.969. The number of Topliss-reactive ketones (excluding diaryl/α,β-unsaturated/α-hetero) is 1. The second kappa shape index (κ2) is 6.56. The fraction of sp³-hybridized carbons (Fsp3) is 0.0833. The average Bonchev–Trinajstić information content (AvgIpc) is 2.88. The Kier molecular flexibility index (Phi) is 4.90. The van der Waals surface area contributed by atoms with Gasteiger partial charge in [0, 0.05) is 5.56 Å². The van der Waals surface area contributed by atoms with Crippen LogP contribution in [0.15, 0.2) is 59.4 Å². The smallest absolute Gasteiger partial charge is 0.176 e. The summed E-state index contributed by atoms with van der Waals surface area (Å²) in [6, 6.07) is 12.7. The summed E-state index contributed by atoms with van der Waals surface area (Å²) >= 11 is 0. The molecule has 2 N–H and O–H groups in total. The molecule has 0 radical (unpaired) electrons. The van der Waals surface area contributed by atoms with Gasteiger partial charge in [-0.3, -0.25) is 4.79 Å². The minimum Gasteiger partial charge on any atom is -0.473 e. The monoisotopic (exact) mass is 203 g/mol. The van der Waals surface area contributed by atoms with E-state index in [9.17, 15) is 4.79 Å². The summed E-state index contributed by atoms with van der Waals surface area (Å²) in [5, 5.41) is 0. The van der Waals surface area contributed by atoms with Crippen molar-refractivity contribution in [3.63, 3.8) is 0 Å². The maximum Gasteiger partial charge on any atom is 0.176 e. The van der Waals surface area contributed by atoms with Gasteiger partial charge in [0.15, 0.2) is 5.78 Å². The summed E-state index contributed by atoms with van der Waals surface area (Å²) < 4.78 is 4.58. The number of nitrogens with two attached hydrogens (primary N) is 1. The summed E-state index contributed by atoms with van der Waals surface area (Å²) in [6.45, 7) is 0.0873. The molecule has 1 aromatic heterocycles. The molecule has 0 amide bonds. The first-order chi connectivity index (χ1) is 7.34. The molecule has 2 rings (SSSR count). The van der Waals surface area contributed by atoms with E-state index in [1.807, 2.05) is 30.3 Å². The summed E-state index contributed by atoms with van der Waals surface area (Å²) in [7, 11) is 0. The molecule has 0 saturated heterocycles. The maximum absolute atomic E-state index is 10.9. The van der Waals surface area contributed by atoms with E-state index in [1.165, 1.54) is 0 Å². The molecule has 78 valence electrons. The topological polar surface area (TPSA) is 56.2 Å². The zero-order chi connectivity index (χ0) is 10.9. The van der Waals surface area contributed by atoms with Crippen molar-refractivity contribution in [1.82, 2.24) is 0 Å². The fourth-order valence-corrected chi connectivity index (χ4v) is 0.969. The molecule has 0 aliphatic rings. The molecule has 3 heteroatoms. The molecule has 0 aliphatic heterocycles. The Morgan fingerprint density at radius 3 is 2.07 bits per heavy atom. The van der Waals surface area contributed by atoms with Gasteiger partial charge in [0.1, 0.15) is 0 Å². The Labute approximate surface area is 88.5 Å². The van der Waals surface area contributed by atoms with E-state index in [4.69, 9.17) is 5.73 Å². The van der Waals surface area contributed by atoms with Crippen molar-refractivity contribution in [3.05, 3.63) is 60.6 Å². The first-order valence-corrected chi connectivity index (χ1v) is 4.60. The number of carbonyl (C=O) groups is 1. The van der Waals surface area contributed by atoms with Crippen molar-refractivity contribution in [2.45, 2.75) is 0 Å². The van der Waals surface area contributed by atoms with Gasteiger partial charge in [-0.1, -0.05) is 30.3 Å². The van der Waals surface area contributed by atoms with Crippen LogP contribution in [0, 0.1) is 0 Å². The van der Waals surface area contributed by atoms with Gasteiger partial charge in [0.25, 0.3) is 0 Å². The molecule has 0 atom stereocenters. The third kappa shape index (κ3) is 4.24. The van der Waals surface area contributed by atoms with Gasteiger partial charge in [-0.05, 0) is 12.1 Å². The maximum atomic E-state index is 10.9. The van der Waals surface area contributed by atoms with Crippen molar-refractivity contribution in [1.29, 1.82) is 0 Å². The number of furan rings is 1. The number of hydrogen-bond acceptors (Lipinski definition) is 3. The Morgan fingerprint density at radius 1 is 1.07 bits per heavy atom. The largest absolute Gasteiger partial charge is 0.473 e. The van der Waals surface area contributed by atoms with E-state index in [-0.39, 0.29) is 12.3 Å². The second-order valence-corrected chi connectivity index (χ2v) is 2.79. The Balaban J connectivity index is 0.000000187. The van der Waals surface area contributed by atoms with E-state index in [0.717, 1.165) is 0 Å². The molecular weight excluding hydrogens is 190 g/mol. The van der Waals surface area contributed by atoms with Gasteiger partial charge >= 0.3 is 0 Å². The van der Waals surface area contributed by atoms with Crippen LogP contribution in [0.2, 0.25) is 0 Å². The summed E-state index contributed by atoms with van der Waals surface area (Å²) in [5.41, 5.74) is 5.84. The first-order valence-electron chi connectivity index (χ1n) is 4.60. The quantitative estimate of drug-likeness (QED) is 0.760. The van der Waals surface area contributed by atoms with Gasteiger partial charge in [-0.15, -0.1) is 0 Å². The summed E-state index contributed by atoms with van der Waals surface area (Å²) in [6.07, 6.45) is 3.25. The molecule has 0 fully saturated rings. The minimum absolute atomic E-state index is 0.0133. The number of carbonyl (C=O) groups excluding carboxylic acids is 1. The lowest BCUT2D eigenvalue weighted by atomic mass is 10.1. The Hall–Kier alpha value is -1.87. The zero-order valence-electron chi connectivity index (χ0n) is 8.30. The number of benzene rings is 1. The highest BCUT2D eigenvalue weighted by molar-refractivity contribution is 5.97. The summed E-state index contributed by atoms with van der Waals surface area (Å²) in [4.78, 5) is 10.9. The van der Waals surface area contributed by atoms with E-state index in [1.54, 1.807) is 24.7 Å². The van der Waals surface area contributed by atoms with Crippen LogP contribution in [0.25, 0.3) is 0 Å². The molecule has 0 bridgehead atoms. The van der Waals surface area contributed by atoms with E-state index in [2.05, 4.69) is 4.42 Å². The van der Waals surface area contributed by atoms with E-state index in [0.29, 0.717) is 5.56 Å². The van der Waals surface area contributed by atoms with Crippen LogP contribution < -0.4 is 5.73 Å². The molecule has 3 nitrogen and oxygen atoms in total. The highest BCUT2D eigenvalue weighted by atomic mass is 16.3. The van der Waals surface area contributed by atoms with Gasteiger partial charge in [-0.25, -0.2) is 0 Å². The molecule has 0 unspecified atom stereocenters. The molecule has 0 aliphatic carbocycles. The zero-order valence-corrected chi connectivity index (χ0v) is 8.30. The van der Waals surface area contributed by atoms with Gasteiger partial charge in [0.2, 0.25) is 0 Å². The van der Waals surface area contributed by atoms with E-state index >= 15 is 0 Å². The second-order valence-electron chi connectivity index (χ2n) is 2.79. The average molecular weight is 203 g/mol. The highest BCUT2D eigenvalue weighted by Gasteiger charge is 1.98. The number of rotatable bonds is 2. The molecular formula is C12H13NO2. The van der Waals surface area contributed by atoms with Crippen LogP contribution in [0.4, 0.5) is 0 Å². The van der Waals surface area contributed by atoms with Crippen LogP contribution in [-0.2, 0) is 0 Å². The number of ketones is 1. The lowest BCUT2D eigenvalue weighted by molar-refractivity contribution is 0.100. The molecule has 1 heterocycles. The van der Waals surface area contributed by atoms with Crippen molar-refractivity contribution in [2.75, 3.05) is 6.54 Å². The standard InChI is InChI=1S/C8H9NO.C4H4O/c9-6-8(10)7-4-2-1-3-5-7;1-2-4-5-3-1/h1-5H,6,9H2;1-4H. The molecule has 0 spiro atoms. The van der Waals surface area contributed by atoms with Gasteiger partial charge in [-0.2, -0.15) is 0 Å². The predicted octanol–water partition coefficient (Wildman–Crippen LogP) is 2.11. The van der Waals surface area contributed by atoms with Crippen LogP contribution in [0.3, 0.4) is 0 Å². The highest BCUT2D eigenvalue weighted by Crippen LogP contribution is 1.97. The summed E-state index contributed by atoms with van der Waals surface area (Å²) in [5.74, 6) is -0.0133. The normalized spacial score (nSPS) is 8.87. The van der Waals surface area contributed by atoms with Crippen LogP contribution in [0.5, 0.6) is 0 Å². The Morgan fingerprint density at radius 2 is 1.67 bits per heavy atom. The molecule has 1 aromatic carbocycles. The Bertz CT molecular complexity index is 351. The molecule has 0 saturated carbocycles. The van der Waals surface area contributed by atoms with Crippen LogP contribution in [-0.4, -0.2) is 12.3 Å². The lowest BCUT2D eigenvalue weighted by Gasteiger charge is -1.93. The minimum atomic E-state index is -0.0133. The number of hydrogen-bond donors (Lipinski definition) is 1. The third-order valence-electron chi connectivity index (χ3n) is 1.71. The van der Waals surface area contributed by atoms with Crippen molar-refractivity contribution < 1.29 is 9.21 Å². The molecule has 15 heavy (non-hydrogen) atoms. The first kappa shape index (κ1) is 11.2. The molecule has 2 aromatic rings. The van der Waals surface area contributed by atoms with E-state index < -0.39 is 0 Å².